The van der Waals surface area contributed by atoms with Gasteiger partial charge in [-0.2, -0.15) is 0 Å². The quantitative estimate of drug-likeness (QED) is 0.703. The Morgan fingerprint density at radius 2 is 1.86 bits per heavy atom. The molecule has 1 aromatic heterocycles. The van der Waals surface area contributed by atoms with E-state index in [2.05, 4.69) is 5.32 Å². The van der Waals surface area contributed by atoms with Crippen LogP contribution in [0.2, 0.25) is 10.0 Å². The van der Waals surface area contributed by atoms with Crippen LogP contribution in [0, 0.1) is 6.92 Å². The molecule has 1 atom stereocenters. The van der Waals surface area contributed by atoms with Gasteiger partial charge in [0.2, 0.25) is 0 Å². The summed E-state index contributed by atoms with van der Waals surface area (Å²) in [7, 11) is 1.89. The van der Waals surface area contributed by atoms with Gasteiger partial charge in [-0.1, -0.05) is 53.5 Å². The van der Waals surface area contributed by atoms with Crippen molar-refractivity contribution in [3.8, 4) is 0 Å². The number of benzene rings is 2. The molecule has 2 aromatic carbocycles. The van der Waals surface area contributed by atoms with Crippen molar-refractivity contribution in [3.63, 3.8) is 0 Å². The first-order valence-electron chi connectivity index (χ1n) is 6.72. The minimum Gasteiger partial charge on any atom is -0.457 e. The molecule has 21 heavy (non-hydrogen) atoms. The van der Waals surface area contributed by atoms with E-state index in [-0.39, 0.29) is 6.04 Å². The fourth-order valence-corrected chi connectivity index (χ4v) is 2.99. The molecular weight excluding hydrogens is 305 g/mol. The summed E-state index contributed by atoms with van der Waals surface area (Å²) in [5.74, 6) is 0.799. The van der Waals surface area contributed by atoms with Crippen LogP contribution in [0.4, 0.5) is 0 Å². The maximum Gasteiger partial charge on any atom is 0.152 e. The Labute approximate surface area is 133 Å². The highest BCUT2D eigenvalue weighted by Gasteiger charge is 2.20. The van der Waals surface area contributed by atoms with Crippen molar-refractivity contribution < 1.29 is 4.42 Å². The first-order chi connectivity index (χ1) is 10.1. The van der Waals surface area contributed by atoms with Crippen LogP contribution in [-0.4, -0.2) is 7.05 Å². The number of aryl methyl sites for hydroxylation is 1. The first-order valence-corrected chi connectivity index (χ1v) is 7.47. The summed E-state index contributed by atoms with van der Waals surface area (Å²) in [5.41, 5.74) is 2.75. The zero-order chi connectivity index (χ0) is 15.0. The van der Waals surface area contributed by atoms with E-state index in [0.29, 0.717) is 10.6 Å². The molecule has 0 fully saturated rings. The van der Waals surface area contributed by atoms with Crippen molar-refractivity contribution >= 4 is 34.2 Å². The van der Waals surface area contributed by atoms with Crippen LogP contribution in [0.15, 0.2) is 46.9 Å². The molecule has 0 radical (unpaired) electrons. The highest BCUT2D eigenvalue weighted by molar-refractivity contribution is 6.34. The van der Waals surface area contributed by atoms with E-state index in [4.69, 9.17) is 27.6 Å². The fourth-order valence-electron chi connectivity index (χ4n) is 2.53. The second-order valence-corrected chi connectivity index (χ2v) is 5.79. The van der Waals surface area contributed by atoms with Crippen molar-refractivity contribution in [1.29, 1.82) is 0 Å². The molecule has 1 heterocycles. The van der Waals surface area contributed by atoms with Crippen LogP contribution in [0.5, 0.6) is 0 Å². The Bertz CT molecular complexity index is 795. The molecule has 1 unspecified atom stereocenters. The fraction of sp³-hybridized carbons (Fsp3) is 0.176. The van der Waals surface area contributed by atoms with Crippen molar-refractivity contribution in [2.75, 3.05) is 7.05 Å². The highest BCUT2D eigenvalue weighted by atomic mass is 35.5. The third-order valence-corrected chi connectivity index (χ3v) is 4.43. The van der Waals surface area contributed by atoms with Crippen molar-refractivity contribution in [1.82, 2.24) is 5.32 Å². The summed E-state index contributed by atoms with van der Waals surface area (Å²) in [4.78, 5) is 0. The maximum absolute atomic E-state index is 6.44. The predicted octanol–water partition coefficient (Wildman–Crippen LogP) is 5.36. The van der Waals surface area contributed by atoms with Crippen LogP contribution in [0.3, 0.4) is 0 Å². The lowest BCUT2D eigenvalue weighted by Gasteiger charge is -2.16. The molecule has 0 aliphatic carbocycles. The lowest BCUT2D eigenvalue weighted by Crippen LogP contribution is -2.17. The summed E-state index contributed by atoms with van der Waals surface area (Å²) in [6.07, 6.45) is 0. The van der Waals surface area contributed by atoms with E-state index in [1.807, 2.05) is 56.4 Å². The van der Waals surface area contributed by atoms with E-state index in [1.54, 1.807) is 0 Å². The average molecular weight is 320 g/mol. The lowest BCUT2D eigenvalue weighted by atomic mass is 10.0. The average Bonchev–Trinajstić information content (AvgIpc) is 2.89. The molecule has 4 heteroatoms. The van der Waals surface area contributed by atoms with Crippen LogP contribution < -0.4 is 5.32 Å². The van der Waals surface area contributed by atoms with E-state index >= 15 is 0 Å². The Balaban J connectivity index is 2.14. The minimum atomic E-state index is -0.110. The van der Waals surface area contributed by atoms with Crippen molar-refractivity contribution in [2.24, 2.45) is 0 Å². The van der Waals surface area contributed by atoms with Crippen LogP contribution >= 0.6 is 23.2 Å². The number of halogens is 2. The second-order valence-electron chi connectivity index (χ2n) is 5.01. The molecule has 108 valence electrons. The third-order valence-electron chi connectivity index (χ3n) is 3.62. The number of para-hydroxylation sites is 1. The molecule has 0 saturated carbocycles. The Morgan fingerprint density at radius 1 is 1.10 bits per heavy atom. The zero-order valence-electron chi connectivity index (χ0n) is 11.8. The van der Waals surface area contributed by atoms with Gasteiger partial charge >= 0.3 is 0 Å². The van der Waals surface area contributed by atoms with Gasteiger partial charge in [-0.25, -0.2) is 0 Å². The minimum absolute atomic E-state index is 0.110. The van der Waals surface area contributed by atoms with Gasteiger partial charge in [-0.3, -0.25) is 0 Å². The molecule has 3 rings (SSSR count). The van der Waals surface area contributed by atoms with Gasteiger partial charge in [0, 0.05) is 10.4 Å². The Hall–Kier alpha value is -1.48. The zero-order valence-corrected chi connectivity index (χ0v) is 13.3. The van der Waals surface area contributed by atoms with Gasteiger partial charge in [-0.05, 0) is 37.2 Å². The van der Waals surface area contributed by atoms with Gasteiger partial charge in [0.05, 0.1) is 11.1 Å². The summed E-state index contributed by atoms with van der Waals surface area (Å²) in [5, 5.41) is 5.62. The Morgan fingerprint density at radius 3 is 2.57 bits per heavy atom. The molecule has 3 aromatic rings. The molecule has 0 aliphatic rings. The number of hydrogen-bond acceptors (Lipinski definition) is 2. The molecule has 0 aliphatic heterocycles. The second kappa shape index (κ2) is 5.72. The van der Waals surface area contributed by atoms with Crippen LogP contribution in [0.1, 0.15) is 22.9 Å². The number of hydrogen-bond donors (Lipinski definition) is 1. The van der Waals surface area contributed by atoms with Crippen molar-refractivity contribution in [3.05, 3.63) is 69.4 Å². The normalized spacial score (nSPS) is 12.8. The van der Waals surface area contributed by atoms with Crippen LogP contribution in [0.25, 0.3) is 11.0 Å². The number of fused-ring (bicyclic) bond motifs is 1. The van der Waals surface area contributed by atoms with Crippen LogP contribution in [-0.2, 0) is 0 Å². The predicted molar refractivity (Wildman–Crippen MR) is 88.3 cm³/mol. The number of nitrogens with one attached hydrogen (secondary N) is 1. The molecule has 0 spiro atoms. The maximum atomic E-state index is 6.44. The molecule has 0 saturated heterocycles. The first kappa shape index (κ1) is 14.5. The topological polar surface area (TPSA) is 25.2 Å². The van der Waals surface area contributed by atoms with E-state index in [9.17, 15) is 0 Å². The summed E-state index contributed by atoms with van der Waals surface area (Å²) in [6.45, 7) is 1.99. The van der Waals surface area contributed by atoms with Gasteiger partial charge in [0.15, 0.2) is 5.58 Å². The SMILES string of the molecule is CNC(c1cc2cccc(Cl)c2o1)c1cccc(C)c1Cl. The summed E-state index contributed by atoms with van der Waals surface area (Å²) in [6, 6.07) is 13.6. The summed E-state index contributed by atoms with van der Waals surface area (Å²) < 4.78 is 5.95. The van der Waals surface area contributed by atoms with Gasteiger partial charge in [0.1, 0.15) is 5.76 Å². The third kappa shape index (κ3) is 2.55. The molecule has 0 bridgehead atoms. The standard InChI is InChI=1S/C17H15Cl2NO/c1-10-5-3-7-12(15(10)19)16(20-2)14-9-11-6-4-8-13(18)17(11)21-14/h3-9,16,20H,1-2H3. The van der Waals surface area contributed by atoms with Gasteiger partial charge < -0.3 is 9.73 Å². The Kier molecular flexibility index (Phi) is 3.94. The van der Waals surface area contributed by atoms with E-state index in [0.717, 1.165) is 27.3 Å². The van der Waals surface area contributed by atoms with Gasteiger partial charge in [-0.15, -0.1) is 0 Å². The summed E-state index contributed by atoms with van der Waals surface area (Å²) >= 11 is 12.6. The lowest BCUT2D eigenvalue weighted by molar-refractivity contribution is 0.491. The smallest absolute Gasteiger partial charge is 0.152 e. The highest BCUT2D eigenvalue weighted by Crippen LogP contribution is 2.35. The molecular formula is C17H15Cl2NO. The molecule has 1 N–H and O–H groups in total. The number of rotatable bonds is 3. The van der Waals surface area contributed by atoms with E-state index in [1.165, 1.54) is 0 Å². The van der Waals surface area contributed by atoms with E-state index < -0.39 is 0 Å². The largest absolute Gasteiger partial charge is 0.457 e. The van der Waals surface area contributed by atoms with Crippen molar-refractivity contribution in [2.45, 2.75) is 13.0 Å². The van der Waals surface area contributed by atoms with Gasteiger partial charge in [0.25, 0.3) is 0 Å². The number of furan rings is 1. The monoisotopic (exact) mass is 319 g/mol. The molecule has 0 amide bonds. The molecule has 2 nitrogen and oxygen atoms in total.